The SMILES string of the molecule is CC1CCN(CCCNC(=O)COc2ccc([N+](=O)[O-])cc2)CC1. The molecule has 0 spiro atoms. The zero-order valence-electron chi connectivity index (χ0n) is 14.1. The Morgan fingerprint density at radius 2 is 2.00 bits per heavy atom. The highest BCUT2D eigenvalue weighted by Gasteiger charge is 2.14. The quantitative estimate of drug-likeness (QED) is 0.447. The van der Waals surface area contributed by atoms with Crippen LogP contribution < -0.4 is 10.1 Å². The summed E-state index contributed by atoms with van der Waals surface area (Å²) in [5, 5.41) is 13.4. The number of ether oxygens (including phenoxy) is 1. The van der Waals surface area contributed by atoms with E-state index in [0.717, 1.165) is 32.0 Å². The smallest absolute Gasteiger partial charge is 0.269 e. The number of hydrogen-bond acceptors (Lipinski definition) is 5. The van der Waals surface area contributed by atoms with Crippen LogP contribution in [-0.2, 0) is 4.79 Å². The zero-order valence-corrected chi connectivity index (χ0v) is 14.1. The monoisotopic (exact) mass is 335 g/mol. The van der Waals surface area contributed by atoms with E-state index in [4.69, 9.17) is 4.74 Å². The van der Waals surface area contributed by atoms with Crippen LogP contribution in [0.15, 0.2) is 24.3 Å². The van der Waals surface area contributed by atoms with Gasteiger partial charge in [0.15, 0.2) is 6.61 Å². The van der Waals surface area contributed by atoms with Gasteiger partial charge in [0.2, 0.25) is 0 Å². The van der Waals surface area contributed by atoms with E-state index >= 15 is 0 Å². The molecule has 0 aliphatic carbocycles. The van der Waals surface area contributed by atoms with Crippen LogP contribution >= 0.6 is 0 Å². The van der Waals surface area contributed by atoms with Gasteiger partial charge >= 0.3 is 0 Å². The first-order valence-corrected chi connectivity index (χ1v) is 8.41. The van der Waals surface area contributed by atoms with Crippen molar-refractivity contribution in [3.05, 3.63) is 34.4 Å². The lowest BCUT2D eigenvalue weighted by Crippen LogP contribution is -2.36. The lowest BCUT2D eigenvalue weighted by molar-refractivity contribution is -0.384. The molecule has 1 fully saturated rings. The Balaban J connectivity index is 1.57. The summed E-state index contributed by atoms with van der Waals surface area (Å²) in [6.07, 6.45) is 3.45. The Morgan fingerprint density at radius 3 is 2.62 bits per heavy atom. The molecule has 24 heavy (non-hydrogen) atoms. The number of nitrogens with zero attached hydrogens (tertiary/aromatic N) is 2. The Bertz CT molecular complexity index is 539. The van der Waals surface area contributed by atoms with Crippen molar-refractivity contribution in [3.8, 4) is 5.75 Å². The minimum atomic E-state index is -0.473. The molecule has 1 amide bonds. The number of nitro groups is 1. The molecule has 0 atom stereocenters. The molecule has 0 unspecified atom stereocenters. The van der Waals surface area contributed by atoms with Crippen LogP contribution in [0.5, 0.6) is 5.75 Å². The third kappa shape index (κ3) is 6.16. The number of hydrogen-bond donors (Lipinski definition) is 1. The number of non-ortho nitro benzene ring substituents is 1. The number of piperidine rings is 1. The molecule has 132 valence electrons. The van der Waals surface area contributed by atoms with Crippen molar-refractivity contribution in [1.82, 2.24) is 10.2 Å². The minimum Gasteiger partial charge on any atom is -0.484 e. The fourth-order valence-electron chi connectivity index (χ4n) is 2.68. The number of nitro benzene ring substituents is 1. The van der Waals surface area contributed by atoms with Gasteiger partial charge in [0.25, 0.3) is 11.6 Å². The topological polar surface area (TPSA) is 84.7 Å². The number of carbonyl (C=O) groups is 1. The second-order valence-corrected chi connectivity index (χ2v) is 6.27. The molecule has 2 rings (SSSR count). The molecule has 0 bridgehead atoms. The first kappa shape index (κ1) is 18.2. The summed E-state index contributed by atoms with van der Waals surface area (Å²) in [4.78, 5) is 24.3. The molecule has 1 aliphatic heterocycles. The van der Waals surface area contributed by atoms with Gasteiger partial charge in [-0.15, -0.1) is 0 Å². The van der Waals surface area contributed by atoms with Crippen molar-refractivity contribution >= 4 is 11.6 Å². The molecule has 7 nitrogen and oxygen atoms in total. The van der Waals surface area contributed by atoms with Gasteiger partial charge in [-0.05, 0) is 56.9 Å². The highest BCUT2D eigenvalue weighted by molar-refractivity contribution is 5.77. The number of carbonyl (C=O) groups excluding carboxylic acids is 1. The van der Waals surface area contributed by atoms with Gasteiger partial charge in [-0.25, -0.2) is 0 Å². The van der Waals surface area contributed by atoms with Gasteiger partial charge in [0.1, 0.15) is 5.75 Å². The van der Waals surface area contributed by atoms with Crippen molar-refractivity contribution in [2.24, 2.45) is 5.92 Å². The first-order valence-electron chi connectivity index (χ1n) is 8.41. The minimum absolute atomic E-state index is 0.00101. The average Bonchev–Trinajstić information content (AvgIpc) is 2.59. The largest absolute Gasteiger partial charge is 0.484 e. The van der Waals surface area contributed by atoms with Gasteiger partial charge < -0.3 is 15.0 Å². The lowest BCUT2D eigenvalue weighted by atomic mass is 9.99. The molecular formula is C17H25N3O4. The molecule has 1 aromatic carbocycles. The maximum Gasteiger partial charge on any atom is 0.269 e. The summed E-state index contributed by atoms with van der Waals surface area (Å²) in [6.45, 7) is 6.16. The molecule has 0 saturated carbocycles. The Kier molecular flexibility index (Phi) is 6.99. The number of likely N-dealkylation sites (tertiary alicyclic amines) is 1. The molecule has 0 radical (unpaired) electrons. The van der Waals surface area contributed by atoms with E-state index in [1.165, 1.54) is 37.1 Å². The number of rotatable bonds is 8. The normalized spacial score (nSPS) is 15.9. The highest BCUT2D eigenvalue weighted by atomic mass is 16.6. The van der Waals surface area contributed by atoms with E-state index in [-0.39, 0.29) is 18.2 Å². The molecule has 1 heterocycles. The highest BCUT2D eigenvalue weighted by Crippen LogP contribution is 2.17. The predicted molar refractivity (Wildman–Crippen MR) is 91.1 cm³/mol. The average molecular weight is 335 g/mol. The number of amides is 1. The van der Waals surface area contributed by atoms with Crippen LogP contribution in [0.25, 0.3) is 0 Å². The number of benzene rings is 1. The molecule has 1 aliphatic rings. The fraction of sp³-hybridized carbons (Fsp3) is 0.588. The van der Waals surface area contributed by atoms with E-state index < -0.39 is 4.92 Å². The van der Waals surface area contributed by atoms with E-state index in [2.05, 4.69) is 17.1 Å². The summed E-state index contributed by atoms with van der Waals surface area (Å²) in [5.41, 5.74) is -0.00101. The van der Waals surface area contributed by atoms with Gasteiger partial charge in [-0.2, -0.15) is 0 Å². The van der Waals surface area contributed by atoms with Gasteiger partial charge in [0.05, 0.1) is 4.92 Å². The summed E-state index contributed by atoms with van der Waals surface area (Å²) in [5.74, 6) is 1.09. The van der Waals surface area contributed by atoms with Crippen LogP contribution in [0.4, 0.5) is 5.69 Å². The van der Waals surface area contributed by atoms with E-state index in [1.54, 1.807) is 0 Å². The first-order chi connectivity index (χ1) is 11.5. The summed E-state index contributed by atoms with van der Waals surface area (Å²) >= 11 is 0. The van der Waals surface area contributed by atoms with Crippen molar-refractivity contribution in [2.45, 2.75) is 26.2 Å². The van der Waals surface area contributed by atoms with Crippen molar-refractivity contribution < 1.29 is 14.5 Å². The van der Waals surface area contributed by atoms with Crippen LogP contribution in [0.2, 0.25) is 0 Å². The third-order valence-corrected chi connectivity index (χ3v) is 4.27. The van der Waals surface area contributed by atoms with Crippen LogP contribution in [0, 0.1) is 16.0 Å². The van der Waals surface area contributed by atoms with Gasteiger partial charge in [0, 0.05) is 18.7 Å². The summed E-state index contributed by atoms with van der Waals surface area (Å²) < 4.78 is 5.32. The molecular weight excluding hydrogens is 310 g/mol. The van der Waals surface area contributed by atoms with Crippen molar-refractivity contribution in [3.63, 3.8) is 0 Å². The van der Waals surface area contributed by atoms with Crippen LogP contribution in [0.3, 0.4) is 0 Å². The van der Waals surface area contributed by atoms with Crippen molar-refractivity contribution in [1.29, 1.82) is 0 Å². The zero-order chi connectivity index (χ0) is 17.4. The van der Waals surface area contributed by atoms with Gasteiger partial charge in [-0.1, -0.05) is 6.92 Å². The maximum absolute atomic E-state index is 11.7. The Hall–Kier alpha value is -2.15. The Morgan fingerprint density at radius 1 is 1.33 bits per heavy atom. The molecule has 1 aromatic rings. The van der Waals surface area contributed by atoms with Gasteiger partial charge in [-0.3, -0.25) is 14.9 Å². The van der Waals surface area contributed by atoms with E-state index in [0.29, 0.717) is 12.3 Å². The molecule has 7 heteroatoms. The Labute approximate surface area is 142 Å². The molecule has 1 saturated heterocycles. The third-order valence-electron chi connectivity index (χ3n) is 4.27. The van der Waals surface area contributed by atoms with E-state index in [9.17, 15) is 14.9 Å². The van der Waals surface area contributed by atoms with Crippen LogP contribution in [-0.4, -0.2) is 48.5 Å². The molecule has 1 N–H and O–H groups in total. The van der Waals surface area contributed by atoms with E-state index in [1.807, 2.05) is 0 Å². The molecule has 0 aromatic heterocycles. The maximum atomic E-state index is 11.7. The fourth-order valence-corrected chi connectivity index (χ4v) is 2.68. The lowest BCUT2D eigenvalue weighted by Gasteiger charge is -2.30. The van der Waals surface area contributed by atoms with Crippen LogP contribution in [0.1, 0.15) is 26.2 Å². The second-order valence-electron chi connectivity index (χ2n) is 6.27. The summed E-state index contributed by atoms with van der Waals surface area (Å²) in [6, 6.07) is 5.69. The predicted octanol–water partition coefficient (Wildman–Crippen LogP) is 2.21. The summed E-state index contributed by atoms with van der Waals surface area (Å²) in [7, 11) is 0. The van der Waals surface area contributed by atoms with Crippen molar-refractivity contribution in [2.75, 3.05) is 32.8 Å². The number of nitrogens with one attached hydrogen (secondary N) is 1. The second kappa shape index (κ2) is 9.22. The standard InChI is InChI=1S/C17H25N3O4/c1-14-7-11-19(12-8-14)10-2-9-18-17(21)13-24-16-5-3-15(4-6-16)20(22)23/h3-6,14H,2,7-13H2,1H3,(H,18,21).